The summed E-state index contributed by atoms with van der Waals surface area (Å²) in [6.07, 6.45) is 4.94. The van der Waals surface area contributed by atoms with E-state index in [9.17, 15) is 9.59 Å². The van der Waals surface area contributed by atoms with Gasteiger partial charge in [0.2, 0.25) is 0 Å². The van der Waals surface area contributed by atoms with E-state index in [2.05, 4.69) is 22.0 Å². The molecule has 0 radical (unpaired) electrons. The molecule has 0 unspecified atom stereocenters. The van der Waals surface area contributed by atoms with Crippen LogP contribution < -0.4 is 5.32 Å². The third kappa shape index (κ3) is 3.17. The highest BCUT2D eigenvalue weighted by Gasteiger charge is 2.29. The topological polar surface area (TPSA) is 68.3 Å². The van der Waals surface area contributed by atoms with Crippen molar-refractivity contribution in [3.8, 4) is 0 Å². The molecule has 2 rings (SSSR count). The highest BCUT2D eigenvalue weighted by atomic mass is 32.1. The summed E-state index contributed by atoms with van der Waals surface area (Å²) >= 11 is 1.22. The number of methoxy groups -OCH3 is 1. The van der Waals surface area contributed by atoms with E-state index in [1.54, 1.807) is 0 Å². The molecule has 20 heavy (non-hydrogen) atoms. The number of hydrogen-bond acceptors (Lipinski definition) is 6. The third-order valence-electron chi connectivity index (χ3n) is 3.80. The minimum Gasteiger partial charge on any atom is -0.464 e. The number of carbonyl (C=O) groups is 2. The summed E-state index contributed by atoms with van der Waals surface area (Å²) in [6, 6.07) is 0. The van der Waals surface area contributed by atoms with Crippen molar-refractivity contribution in [2.45, 2.75) is 39.5 Å². The average Bonchev–Trinajstić information content (AvgIpc) is 3.02. The Morgan fingerprint density at radius 2 is 2.05 bits per heavy atom. The van der Waals surface area contributed by atoms with E-state index in [0.29, 0.717) is 10.0 Å². The second kappa shape index (κ2) is 5.91. The number of nitrogens with zero attached hydrogens (tertiary/aromatic N) is 1. The van der Waals surface area contributed by atoms with E-state index >= 15 is 0 Å². The minimum absolute atomic E-state index is 0.115. The van der Waals surface area contributed by atoms with Gasteiger partial charge in [0.25, 0.3) is 0 Å². The number of carbonyl (C=O) groups excluding carboxylic acids is 2. The van der Waals surface area contributed by atoms with Crippen LogP contribution in [0.2, 0.25) is 0 Å². The summed E-state index contributed by atoms with van der Waals surface area (Å²) in [5, 5.41) is 3.88. The third-order valence-corrected chi connectivity index (χ3v) is 4.92. The van der Waals surface area contributed by atoms with Crippen molar-refractivity contribution in [3.63, 3.8) is 0 Å². The van der Waals surface area contributed by atoms with Gasteiger partial charge in [-0.1, -0.05) is 31.1 Å². The van der Waals surface area contributed by atoms with E-state index in [1.165, 1.54) is 51.1 Å². The summed E-state index contributed by atoms with van der Waals surface area (Å²) in [6.45, 7) is 4.51. The van der Waals surface area contributed by atoms with Crippen molar-refractivity contribution in [1.29, 1.82) is 0 Å². The lowest BCUT2D eigenvalue weighted by Gasteiger charge is -2.23. The van der Waals surface area contributed by atoms with Gasteiger partial charge in [-0.2, -0.15) is 0 Å². The van der Waals surface area contributed by atoms with E-state index < -0.39 is 5.97 Å². The first-order valence-electron chi connectivity index (χ1n) is 6.79. The molecule has 1 saturated carbocycles. The van der Waals surface area contributed by atoms with Gasteiger partial charge < -0.3 is 10.1 Å². The molecule has 1 aromatic rings. The summed E-state index contributed by atoms with van der Waals surface area (Å²) in [7, 11) is 1.29. The number of hydrogen-bond donors (Lipinski definition) is 1. The first-order valence-corrected chi connectivity index (χ1v) is 7.61. The molecule has 5 nitrogen and oxygen atoms in total. The number of esters is 1. The van der Waals surface area contributed by atoms with Crippen LogP contribution in [-0.4, -0.2) is 30.4 Å². The fourth-order valence-corrected chi connectivity index (χ4v) is 3.41. The second-order valence-electron chi connectivity index (χ2n) is 5.62. The molecule has 1 aliphatic rings. The average molecular weight is 296 g/mol. The molecule has 0 amide bonds. The fraction of sp³-hybridized carbons (Fsp3) is 0.643. The lowest BCUT2D eigenvalue weighted by atomic mass is 9.89. The smallest absolute Gasteiger partial charge is 0.358 e. The number of ether oxygens (including phenoxy) is 1. The second-order valence-corrected chi connectivity index (χ2v) is 6.61. The molecule has 0 bridgehead atoms. The molecule has 1 N–H and O–H groups in total. The lowest BCUT2D eigenvalue weighted by Crippen LogP contribution is -2.22. The van der Waals surface area contributed by atoms with Crippen LogP contribution in [0.1, 0.15) is 59.7 Å². The molecule has 1 aliphatic carbocycles. The zero-order chi connectivity index (χ0) is 14.8. The zero-order valence-corrected chi connectivity index (χ0v) is 12.9. The van der Waals surface area contributed by atoms with Crippen LogP contribution in [0.5, 0.6) is 0 Å². The van der Waals surface area contributed by atoms with Gasteiger partial charge in [0.15, 0.2) is 16.6 Å². The van der Waals surface area contributed by atoms with Gasteiger partial charge in [-0.3, -0.25) is 4.79 Å². The van der Waals surface area contributed by atoms with Gasteiger partial charge in [0.1, 0.15) is 4.88 Å². The maximum atomic E-state index is 11.6. The van der Waals surface area contributed by atoms with Crippen LogP contribution in [0.4, 0.5) is 5.13 Å². The Balaban J connectivity index is 2.12. The molecule has 0 spiro atoms. The van der Waals surface area contributed by atoms with Gasteiger partial charge >= 0.3 is 5.97 Å². The maximum Gasteiger partial charge on any atom is 0.358 e. The monoisotopic (exact) mass is 296 g/mol. The largest absolute Gasteiger partial charge is 0.464 e. The van der Waals surface area contributed by atoms with Crippen molar-refractivity contribution in [2.24, 2.45) is 5.41 Å². The molecule has 1 fully saturated rings. The number of anilines is 1. The summed E-state index contributed by atoms with van der Waals surface area (Å²) in [5.41, 5.74) is 0.400. The van der Waals surface area contributed by atoms with Crippen molar-refractivity contribution >= 4 is 28.2 Å². The predicted octanol–water partition coefficient (Wildman–Crippen LogP) is 3.12. The maximum absolute atomic E-state index is 11.6. The van der Waals surface area contributed by atoms with Crippen LogP contribution in [-0.2, 0) is 4.74 Å². The molecule has 110 valence electrons. The Labute approximate surface area is 122 Å². The Kier molecular flexibility index (Phi) is 4.42. The Morgan fingerprint density at radius 3 is 2.60 bits per heavy atom. The molecule has 0 aromatic carbocycles. The Hall–Kier alpha value is -1.43. The van der Waals surface area contributed by atoms with Gasteiger partial charge in [-0.25, -0.2) is 9.78 Å². The van der Waals surface area contributed by atoms with E-state index in [0.717, 1.165) is 6.54 Å². The van der Waals surface area contributed by atoms with E-state index in [1.807, 2.05) is 0 Å². The molecule has 1 aromatic heterocycles. The van der Waals surface area contributed by atoms with Crippen LogP contribution >= 0.6 is 11.3 Å². The Bertz CT molecular complexity index is 518. The molecule has 1 heterocycles. The van der Waals surface area contributed by atoms with E-state index in [4.69, 9.17) is 0 Å². The van der Waals surface area contributed by atoms with Gasteiger partial charge in [-0.05, 0) is 18.3 Å². The van der Waals surface area contributed by atoms with Crippen molar-refractivity contribution < 1.29 is 14.3 Å². The first-order chi connectivity index (χ1) is 9.45. The summed E-state index contributed by atoms with van der Waals surface area (Å²) in [4.78, 5) is 27.7. The molecular weight excluding hydrogens is 276 g/mol. The zero-order valence-electron chi connectivity index (χ0n) is 12.1. The van der Waals surface area contributed by atoms with Gasteiger partial charge in [0.05, 0.1) is 7.11 Å². The molecule has 0 saturated heterocycles. The highest BCUT2D eigenvalue weighted by Crippen LogP contribution is 2.38. The number of thiazole rings is 1. The lowest BCUT2D eigenvalue weighted by molar-refractivity contribution is 0.0591. The SMILES string of the molecule is COC(=O)c1nc(NCC2(C)CCCC2)sc1C(C)=O. The highest BCUT2D eigenvalue weighted by molar-refractivity contribution is 7.17. The molecular formula is C14H20N2O3S. The predicted molar refractivity (Wildman–Crippen MR) is 78.5 cm³/mol. The summed E-state index contributed by atoms with van der Waals surface area (Å²) in [5.74, 6) is -0.727. The number of ketones is 1. The van der Waals surface area contributed by atoms with Crippen molar-refractivity contribution in [3.05, 3.63) is 10.6 Å². The van der Waals surface area contributed by atoms with Gasteiger partial charge in [0, 0.05) is 13.5 Å². The quantitative estimate of drug-likeness (QED) is 0.668. The molecule has 6 heteroatoms. The van der Waals surface area contributed by atoms with Gasteiger partial charge in [-0.15, -0.1) is 0 Å². The standard InChI is InChI=1S/C14H20N2O3S/c1-9(17)11-10(12(18)19-3)16-13(20-11)15-8-14(2)6-4-5-7-14/h4-8H2,1-3H3,(H,15,16). The summed E-state index contributed by atoms with van der Waals surface area (Å²) < 4.78 is 4.66. The minimum atomic E-state index is -0.563. The van der Waals surface area contributed by atoms with Crippen LogP contribution in [0.3, 0.4) is 0 Å². The fourth-order valence-electron chi connectivity index (χ4n) is 2.56. The van der Waals surface area contributed by atoms with Crippen LogP contribution in [0.15, 0.2) is 0 Å². The number of rotatable bonds is 5. The van der Waals surface area contributed by atoms with Crippen molar-refractivity contribution in [1.82, 2.24) is 4.98 Å². The number of nitrogens with one attached hydrogen (secondary N) is 1. The Morgan fingerprint density at radius 1 is 1.40 bits per heavy atom. The van der Waals surface area contributed by atoms with Crippen LogP contribution in [0.25, 0.3) is 0 Å². The number of aromatic nitrogens is 1. The first kappa shape index (κ1) is 15.0. The number of Topliss-reactive ketones (excluding diaryl/α,β-unsaturated/α-hetero) is 1. The van der Waals surface area contributed by atoms with Crippen LogP contribution in [0, 0.1) is 5.41 Å². The van der Waals surface area contributed by atoms with Crippen molar-refractivity contribution in [2.75, 3.05) is 19.0 Å². The molecule has 0 atom stereocenters. The normalized spacial score (nSPS) is 16.9. The molecule has 0 aliphatic heterocycles. The van der Waals surface area contributed by atoms with E-state index in [-0.39, 0.29) is 16.9 Å².